The van der Waals surface area contributed by atoms with Crippen molar-refractivity contribution in [3.63, 3.8) is 0 Å². The molecule has 0 radical (unpaired) electrons. The zero-order chi connectivity index (χ0) is 19.6. The van der Waals surface area contributed by atoms with Gasteiger partial charge >= 0.3 is 0 Å². The summed E-state index contributed by atoms with van der Waals surface area (Å²) in [6, 6.07) is 12.2. The van der Waals surface area contributed by atoms with Gasteiger partial charge in [-0.2, -0.15) is 0 Å². The quantitative estimate of drug-likeness (QED) is 0.854. The van der Waals surface area contributed by atoms with Gasteiger partial charge in [0.2, 0.25) is 11.8 Å². The van der Waals surface area contributed by atoms with Crippen molar-refractivity contribution in [3.8, 4) is 0 Å². The van der Waals surface area contributed by atoms with Gasteiger partial charge in [0.05, 0.1) is 5.92 Å². The maximum Gasteiger partial charge on any atom is 0.229 e. The molecule has 142 valence electrons. The average Bonchev–Trinajstić information content (AvgIpc) is 3.01. The van der Waals surface area contributed by atoms with E-state index in [1.54, 1.807) is 0 Å². The van der Waals surface area contributed by atoms with Gasteiger partial charge in [-0.05, 0) is 61.1 Å². The van der Waals surface area contributed by atoms with Crippen LogP contribution in [0.1, 0.15) is 42.5 Å². The molecule has 0 aromatic heterocycles. The molecule has 1 fully saturated rings. The number of amides is 2. The van der Waals surface area contributed by atoms with Crippen LogP contribution in [0.3, 0.4) is 0 Å². The standard InChI is InChI=1S/C23H28N2O2/c1-5-17-8-7-9-18(6-2)22(17)25-14-19(13-21(25)26)23(27)24-20-11-15(3)10-16(4)12-20/h7-12,19H,5-6,13-14H2,1-4H3,(H,24,27). The lowest BCUT2D eigenvalue weighted by Crippen LogP contribution is -2.29. The second-order valence-electron chi connectivity index (χ2n) is 7.40. The van der Waals surface area contributed by atoms with Gasteiger partial charge in [0.15, 0.2) is 0 Å². The molecule has 27 heavy (non-hydrogen) atoms. The lowest BCUT2D eigenvalue weighted by atomic mass is 10.0. The number of carbonyl (C=O) groups excluding carboxylic acids is 2. The van der Waals surface area contributed by atoms with Crippen molar-refractivity contribution in [1.82, 2.24) is 0 Å². The summed E-state index contributed by atoms with van der Waals surface area (Å²) < 4.78 is 0. The molecule has 1 aliphatic heterocycles. The van der Waals surface area contributed by atoms with Crippen LogP contribution in [0.4, 0.5) is 11.4 Å². The van der Waals surface area contributed by atoms with Gasteiger partial charge in [0.1, 0.15) is 0 Å². The molecular formula is C23H28N2O2. The van der Waals surface area contributed by atoms with Gasteiger partial charge in [0, 0.05) is 24.3 Å². The van der Waals surface area contributed by atoms with Crippen LogP contribution in [0.5, 0.6) is 0 Å². The minimum Gasteiger partial charge on any atom is -0.326 e. The Kier molecular flexibility index (Phi) is 5.64. The van der Waals surface area contributed by atoms with Crippen LogP contribution >= 0.6 is 0 Å². The first kappa shape index (κ1) is 19.2. The molecule has 0 bridgehead atoms. The highest BCUT2D eigenvalue weighted by Gasteiger charge is 2.36. The van der Waals surface area contributed by atoms with Gasteiger partial charge in [-0.15, -0.1) is 0 Å². The molecule has 1 atom stereocenters. The van der Waals surface area contributed by atoms with E-state index in [2.05, 4.69) is 37.4 Å². The van der Waals surface area contributed by atoms with E-state index >= 15 is 0 Å². The van der Waals surface area contributed by atoms with Gasteiger partial charge in [-0.3, -0.25) is 9.59 Å². The average molecular weight is 364 g/mol. The molecule has 1 heterocycles. The fraction of sp³-hybridized carbons (Fsp3) is 0.391. The lowest BCUT2D eigenvalue weighted by Gasteiger charge is -2.23. The minimum absolute atomic E-state index is 0.0335. The Morgan fingerprint density at radius 3 is 2.22 bits per heavy atom. The fourth-order valence-electron chi connectivity index (χ4n) is 3.95. The normalized spacial score (nSPS) is 16.7. The summed E-state index contributed by atoms with van der Waals surface area (Å²) in [5.41, 5.74) is 6.36. The molecule has 1 saturated heterocycles. The van der Waals surface area contributed by atoms with E-state index in [1.165, 1.54) is 0 Å². The zero-order valence-corrected chi connectivity index (χ0v) is 16.6. The maximum absolute atomic E-state index is 12.8. The van der Waals surface area contributed by atoms with E-state index in [4.69, 9.17) is 0 Å². The molecule has 1 aliphatic rings. The van der Waals surface area contributed by atoms with Gasteiger partial charge in [-0.1, -0.05) is 38.1 Å². The third-order valence-corrected chi connectivity index (χ3v) is 5.22. The molecule has 2 amide bonds. The number of benzene rings is 2. The van der Waals surface area contributed by atoms with Crippen LogP contribution in [0.15, 0.2) is 36.4 Å². The van der Waals surface area contributed by atoms with Crippen LogP contribution in [0.25, 0.3) is 0 Å². The van der Waals surface area contributed by atoms with E-state index in [-0.39, 0.29) is 24.2 Å². The zero-order valence-electron chi connectivity index (χ0n) is 16.6. The summed E-state index contributed by atoms with van der Waals surface area (Å²) in [6.45, 7) is 8.67. The Bertz CT molecular complexity index is 830. The predicted octanol–water partition coefficient (Wildman–Crippen LogP) is 4.42. The molecule has 1 unspecified atom stereocenters. The third kappa shape index (κ3) is 4.05. The summed E-state index contributed by atoms with van der Waals surface area (Å²) >= 11 is 0. The SMILES string of the molecule is CCc1cccc(CC)c1N1CC(C(=O)Nc2cc(C)cc(C)c2)CC1=O. The Morgan fingerprint density at radius 1 is 1.07 bits per heavy atom. The number of nitrogens with zero attached hydrogens (tertiary/aromatic N) is 1. The van der Waals surface area contributed by atoms with Crippen LogP contribution in [0.2, 0.25) is 0 Å². The number of nitrogens with one attached hydrogen (secondary N) is 1. The smallest absolute Gasteiger partial charge is 0.229 e. The Morgan fingerprint density at radius 2 is 1.67 bits per heavy atom. The van der Waals surface area contributed by atoms with Crippen LogP contribution < -0.4 is 10.2 Å². The van der Waals surface area contributed by atoms with Crippen molar-refractivity contribution in [1.29, 1.82) is 0 Å². The number of carbonyl (C=O) groups is 2. The highest BCUT2D eigenvalue weighted by Crippen LogP contribution is 2.32. The first-order chi connectivity index (χ1) is 12.9. The van der Waals surface area contributed by atoms with Gasteiger partial charge in [0.25, 0.3) is 0 Å². The minimum atomic E-state index is -0.326. The molecule has 0 aliphatic carbocycles. The Labute approximate surface area is 161 Å². The number of aryl methyl sites for hydroxylation is 4. The van der Waals surface area contributed by atoms with Crippen molar-refractivity contribution >= 4 is 23.2 Å². The number of hydrogen-bond donors (Lipinski definition) is 1. The lowest BCUT2D eigenvalue weighted by molar-refractivity contribution is -0.122. The maximum atomic E-state index is 12.8. The predicted molar refractivity (Wildman–Crippen MR) is 110 cm³/mol. The first-order valence-corrected chi connectivity index (χ1v) is 9.73. The van der Waals surface area contributed by atoms with Crippen molar-refractivity contribution in [3.05, 3.63) is 58.7 Å². The first-order valence-electron chi connectivity index (χ1n) is 9.73. The molecule has 0 saturated carbocycles. The van der Waals surface area contributed by atoms with E-state index in [0.29, 0.717) is 6.54 Å². The van der Waals surface area contributed by atoms with E-state index in [9.17, 15) is 9.59 Å². The van der Waals surface area contributed by atoms with Crippen LogP contribution in [0, 0.1) is 19.8 Å². The summed E-state index contributed by atoms with van der Waals surface area (Å²) in [4.78, 5) is 27.3. The molecule has 4 heteroatoms. The summed E-state index contributed by atoms with van der Waals surface area (Å²) in [5.74, 6) is -0.373. The molecule has 2 aromatic rings. The number of hydrogen-bond acceptors (Lipinski definition) is 2. The van der Waals surface area contributed by atoms with E-state index in [1.807, 2.05) is 36.9 Å². The highest BCUT2D eigenvalue weighted by molar-refractivity contribution is 6.04. The summed E-state index contributed by atoms with van der Waals surface area (Å²) in [5, 5.41) is 3.00. The van der Waals surface area contributed by atoms with Gasteiger partial charge < -0.3 is 10.2 Å². The number of para-hydroxylation sites is 1. The number of anilines is 2. The van der Waals surface area contributed by atoms with Crippen molar-refractivity contribution < 1.29 is 9.59 Å². The summed E-state index contributed by atoms with van der Waals surface area (Å²) in [7, 11) is 0. The molecular weight excluding hydrogens is 336 g/mol. The van der Waals surface area contributed by atoms with Crippen molar-refractivity contribution in [2.75, 3.05) is 16.8 Å². The van der Waals surface area contributed by atoms with Gasteiger partial charge in [-0.25, -0.2) is 0 Å². The Hall–Kier alpha value is -2.62. The fourth-order valence-corrected chi connectivity index (χ4v) is 3.95. The molecule has 4 nitrogen and oxygen atoms in total. The number of rotatable bonds is 5. The second kappa shape index (κ2) is 7.95. The summed E-state index contributed by atoms with van der Waals surface area (Å²) in [6.07, 6.45) is 2.00. The largest absolute Gasteiger partial charge is 0.326 e. The molecule has 2 aromatic carbocycles. The van der Waals surface area contributed by atoms with E-state index < -0.39 is 0 Å². The monoisotopic (exact) mass is 364 g/mol. The molecule has 1 N–H and O–H groups in total. The third-order valence-electron chi connectivity index (χ3n) is 5.22. The van der Waals surface area contributed by atoms with Crippen LogP contribution in [-0.2, 0) is 22.4 Å². The highest BCUT2D eigenvalue weighted by atomic mass is 16.2. The molecule has 0 spiro atoms. The molecule has 3 rings (SSSR count). The van der Waals surface area contributed by atoms with Crippen molar-refractivity contribution in [2.45, 2.75) is 47.0 Å². The van der Waals surface area contributed by atoms with Crippen molar-refractivity contribution in [2.24, 2.45) is 5.92 Å². The van der Waals surface area contributed by atoms with Crippen LogP contribution in [-0.4, -0.2) is 18.4 Å². The Balaban J connectivity index is 1.80. The second-order valence-corrected chi connectivity index (χ2v) is 7.40. The van der Waals surface area contributed by atoms with E-state index in [0.717, 1.165) is 46.5 Å². The topological polar surface area (TPSA) is 49.4 Å².